The number of sulfonamides is 1. The number of benzene rings is 2. The Hall–Kier alpha value is -2.48. The van der Waals surface area contributed by atoms with Gasteiger partial charge in [0, 0.05) is 40.4 Å². The first-order valence-electron chi connectivity index (χ1n) is 8.80. The first kappa shape index (κ1) is 20.3. The summed E-state index contributed by atoms with van der Waals surface area (Å²) in [5, 5.41) is 4.57. The number of halogens is 1. The molecule has 3 rings (SSSR count). The molecule has 0 atom stereocenters. The van der Waals surface area contributed by atoms with Gasteiger partial charge in [0.2, 0.25) is 15.9 Å². The summed E-state index contributed by atoms with van der Waals surface area (Å²) in [5.41, 5.74) is 0.555. The van der Waals surface area contributed by atoms with Crippen molar-refractivity contribution in [2.75, 3.05) is 18.4 Å². The van der Waals surface area contributed by atoms with Crippen LogP contribution in [0.5, 0.6) is 0 Å². The maximum Gasteiger partial charge on any atom is 0.244 e. The van der Waals surface area contributed by atoms with Gasteiger partial charge >= 0.3 is 0 Å². The van der Waals surface area contributed by atoms with Crippen LogP contribution < -0.4 is 5.32 Å². The third kappa shape index (κ3) is 4.49. The molecule has 1 aromatic heterocycles. The van der Waals surface area contributed by atoms with Gasteiger partial charge in [-0.2, -0.15) is 4.31 Å². The van der Waals surface area contributed by atoms with Crippen LogP contribution in [0.2, 0.25) is 5.02 Å². The highest BCUT2D eigenvalue weighted by atomic mass is 35.5. The zero-order chi connectivity index (χ0) is 20.1. The number of hydrogen-bond donors (Lipinski definition) is 1. The van der Waals surface area contributed by atoms with E-state index in [1.54, 1.807) is 60.9 Å². The fourth-order valence-corrected chi connectivity index (χ4v) is 4.71. The van der Waals surface area contributed by atoms with Crippen LogP contribution in [0.3, 0.4) is 0 Å². The van der Waals surface area contributed by atoms with Gasteiger partial charge in [0.1, 0.15) is 0 Å². The fourth-order valence-electron chi connectivity index (χ4n) is 2.88. The highest BCUT2D eigenvalue weighted by Gasteiger charge is 2.27. The van der Waals surface area contributed by atoms with Gasteiger partial charge in [-0.05, 0) is 42.8 Å². The van der Waals surface area contributed by atoms with Gasteiger partial charge in [-0.3, -0.25) is 9.78 Å². The molecule has 0 aliphatic heterocycles. The summed E-state index contributed by atoms with van der Waals surface area (Å²) in [6.45, 7) is 1.82. The van der Waals surface area contributed by atoms with Crippen LogP contribution in [-0.4, -0.2) is 36.7 Å². The Balaban J connectivity index is 1.87. The maximum atomic E-state index is 13.3. The topological polar surface area (TPSA) is 79.4 Å². The largest absolute Gasteiger partial charge is 0.325 e. The van der Waals surface area contributed by atoms with Crippen molar-refractivity contribution in [3.8, 4) is 0 Å². The lowest BCUT2D eigenvalue weighted by Gasteiger charge is -2.22. The smallest absolute Gasteiger partial charge is 0.244 e. The van der Waals surface area contributed by atoms with Crippen molar-refractivity contribution in [3.05, 3.63) is 65.9 Å². The summed E-state index contributed by atoms with van der Waals surface area (Å²) in [5.74, 6) is -0.416. The predicted molar refractivity (Wildman–Crippen MR) is 111 cm³/mol. The molecule has 3 aromatic rings. The molecular weight excluding hydrogens is 398 g/mol. The number of nitrogens with zero attached hydrogens (tertiary/aromatic N) is 2. The molecule has 0 unspecified atom stereocenters. The molecule has 0 saturated heterocycles. The van der Waals surface area contributed by atoms with Crippen LogP contribution in [0.25, 0.3) is 10.8 Å². The summed E-state index contributed by atoms with van der Waals surface area (Å²) in [4.78, 5) is 16.7. The lowest BCUT2D eigenvalue weighted by Crippen LogP contribution is -2.38. The summed E-state index contributed by atoms with van der Waals surface area (Å²) in [6, 6.07) is 13.3. The van der Waals surface area contributed by atoms with Crippen LogP contribution in [0.15, 0.2) is 65.8 Å². The second-order valence-electron chi connectivity index (χ2n) is 6.25. The van der Waals surface area contributed by atoms with Crippen molar-refractivity contribution in [1.29, 1.82) is 0 Å². The van der Waals surface area contributed by atoms with E-state index in [1.807, 2.05) is 6.92 Å². The summed E-state index contributed by atoms with van der Waals surface area (Å²) in [7, 11) is -3.86. The zero-order valence-electron chi connectivity index (χ0n) is 15.3. The molecule has 0 saturated carbocycles. The van der Waals surface area contributed by atoms with Crippen LogP contribution in [0.1, 0.15) is 13.3 Å². The van der Waals surface area contributed by atoms with E-state index >= 15 is 0 Å². The molecule has 1 heterocycles. The van der Waals surface area contributed by atoms with Crippen molar-refractivity contribution in [1.82, 2.24) is 9.29 Å². The molecular formula is C20H20ClN3O3S. The van der Waals surface area contributed by atoms with Crippen LogP contribution in [0.4, 0.5) is 5.69 Å². The van der Waals surface area contributed by atoms with E-state index < -0.39 is 15.9 Å². The zero-order valence-corrected chi connectivity index (χ0v) is 16.9. The van der Waals surface area contributed by atoms with Crippen LogP contribution in [0, 0.1) is 0 Å². The molecule has 6 nitrogen and oxygen atoms in total. The van der Waals surface area contributed by atoms with Crippen LogP contribution in [-0.2, 0) is 14.8 Å². The van der Waals surface area contributed by atoms with Crippen molar-refractivity contribution in [2.24, 2.45) is 0 Å². The van der Waals surface area contributed by atoms with E-state index in [4.69, 9.17) is 11.6 Å². The Labute approximate surface area is 169 Å². The second-order valence-corrected chi connectivity index (χ2v) is 8.59. The van der Waals surface area contributed by atoms with Crippen molar-refractivity contribution >= 4 is 44.0 Å². The number of pyridine rings is 1. The number of nitrogens with one attached hydrogen (secondary N) is 1. The summed E-state index contributed by atoms with van der Waals surface area (Å²) in [6.07, 6.45) is 3.75. The van der Waals surface area contributed by atoms with Gasteiger partial charge in [-0.15, -0.1) is 0 Å². The minimum absolute atomic E-state index is 0.167. The molecule has 0 bridgehead atoms. The highest BCUT2D eigenvalue weighted by Crippen LogP contribution is 2.25. The Morgan fingerprint density at radius 1 is 1.14 bits per heavy atom. The molecule has 0 fully saturated rings. The quantitative estimate of drug-likeness (QED) is 0.631. The first-order valence-corrected chi connectivity index (χ1v) is 10.6. The van der Waals surface area contributed by atoms with Crippen molar-refractivity contribution < 1.29 is 13.2 Å². The molecule has 1 N–H and O–H groups in total. The second kappa shape index (κ2) is 8.68. The Morgan fingerprint density at radius 3 is 2.61 bits per heavy atom. The molecule has 0 radical (unpaired) electrons. The number of rotatable bonds is 7. The van der Waals surface area contributed by atoms with Gasteiger partial charge in [0.05, 0.1) is 11.4 Å². The summed E-state index contributed by atoms with van der Waals surface area (Å²) >= 11 is 5.84. The van der Waals surface area contributed by atoms with Gasteiger partial charge in [0.25, 0.3) is 0 Å². The van der Waals surface area contributed by atoms with E-state index in [0.717, 1.165) is 5.39 Å². The average molecular weight is 418 g/mol. The number of amides is 1. The first-order chi connectivity index (χ1) is 13.4. The van der Waals surface area contributed by atoms with E-state index in [2.05, 4.69) is 10.3 Å². The molecule has 146 valence electrons. The van der Waals surface area contributed by atoms with E-state index in [0.29, 0.717) is 22.5 Å². The highest BCUT2D eigenvalue weighted by molar-refractivity contribution is 7.89. The number of fused-ring (bicyclic) bond motifs is 1. The van der Waals surface area contributed by atoms with Gasteiger partial charge in [-0.1, -0.05) is 30.7 Å². The molecule has 28 heavy (non-hydrogen) atoms. The molecule has 0 spiro atoms. The normalized spacial score (nSPS) is 11.7. The minimum Gasteiger partial charge on any atom is -0.325 e. The average Bonchev–Trinajstić information content (AvgIpc) is 2.69. The number of aromatic nitrogens is 1. The Morgan fingerprint density at radius 2 is 1.89 bits per heavy atom. The number of anilines is 1. The Kier molecular flexibility index (Phi) is 6.28. The van der Waals surface area contributed by atoms with Crippen molar-refractivity contribution in [3.63, 3.8) is 0 Å². The predicted octanol–water partition coefficient (Wildman–Crippen LogP) is 3.93. The standard InChI is InChI=1S/C20H20ClN3O3S/c1-2-12-24(14-20(25)23-17-8-6-16(21)7-9-17)28(26,27)19-5-3-4-15-13-22-11-10-18(15)19/h3-11,13H,2,12,14H2,1H3,(H,23,25). The molecule has 1 amide bonds. The lowest BCUT2D eigenvalue weighted by atomic mass is 10.2. The number of carbonyl (C=O) groups is 1. The molecule has 8 heteroatoms. The summed E-state index contributed by atoms with van der Waals surface area (Å²) < 4.78 is 27.8. The van der Waals surface area contributed by atoms with E-state index in [1.165, 1.54) is 4.31 Å². The van der Waals surface area contributed by atoms with Gasteiger partial charge < -0.3 is 5.32 Å². The fraction of sp³-hybridized carbons (Fsp3) is 0.200. The molecule has 0 aliphatic carbocycles. The monoisotopic (exact) mass is 417 g/mol. The SMILES string of the molecule is CCCN(CC(=O)Nc1ccc(Cl)cc1)S(=O)(=O)c1cccc2cnccc12. The van der Waals surface area contributed by atoms with E-state index in [9.17, 15) is 13.2 Å². The van der Waals surface area contributed by atoms with Gasteiger partial charge in [0.15, 0.2) is 0 Å². The van der Waals surface area contributed by atoms with E-state index in [-0.39, 0.29) is 18.0 Å². The van der Waals surface area contributed by atoms with Crippen LogP contribution >= 0.6 is 11.6 Å². The third-order valence-corrected chi connectivity index (χ3v) is 6.33. The Bertz CT molecular complexity index is 1080. The maximum absolute atomic E-state index is 13.3. The molecule has 0 aliphatic rings. The molecule has 2 aromatic carbocycles. The van der Waals surface area contributed by atoms with Crippen molar-refractivity contribution in [2.45, 2.75) is 18.2 Å². The third-order valence-electron chi connectivity index (χ3n) is 4.18. The van der Waals surface area contributed by atoms with Gasteiger partial charge in [-0.25, -0.2) is 8.42 Å². The number of carbonyl (C=O) groups excluding carboxylic acids is 1. The number of hydrogen-bond acceptors (Lipinski definition) is 4. The lowest BCUT2D eigenvalue weighted by molar-refractivity contribution is -0.116. The minimum atomic E-state index is -3.86.